The standard InChI is InChI=1S/C21H29N3O4/c1-4-24-14-17(20(25)22-8-7-11-23-9-5-6-10-23)15-12-18(27-2)19(28-3)13-16(15)21(24)26/h12-14H,4-11H2,1-3H3,(H,22,25). The molecule has 2 heterocycles. The second-order valence-corrected chi connectivity index (χ2v) is 7.04. The summed E-state index contributed by atoms with van der Waals surface area (Å²) in [5.74, 6) is 0.783. The summed E-state index contributed by atoms with van der Waals surface area (Å²) >= 11 is 0. The van der Waals surface area contributed by atoms with Crippen molar-refractivity contribution < 1.29 is 14.3 Å². The van der Waals surface area contributed by atoms with Crippen molar-refractivity contribution in [1.29, 1.82) is 0 Å². The van der Waals surface area contributed by atoms with Crippen LogP contribution in [0.4, 0.5) is 0 Å². The fraction of sp³-hybridized carbons (Fsp3) is 0.524. The van der Waals surface area contributed by atoms with Gasteiger partial charge in [-0.15, -0.1) is 0 Å². The predicted molar refractivity (Wildman–Crippen MR) is 110 cm³/mol. The lowest BCUT2D eigenvalue weighted by atomic mass is 10.1. The molecule has 7 heteroatoms. The third kappa shape index (κ3) is 4.14. The summed E-state index contributed by atoms with van der Waals surface area (Å²) in [7, 11) is 3.06. The molecule has 1 amide bonds. The molecule has 152 valence electrons. The van der Waals surface area contributed by atoms with Gasteiger partial charge < -0.3 is 24.3 Å². The minimum absolute atomic E-state index is 0.149. The Morgan fingerprint density at radius 1 is 1.11 bits per heavy atom. The minimum Gasteiger partial charge on any atom is -0.493 e. The average molecular weight is 387 g/mol. The van der Waals surface area contributed by atoms with Crippen LogP contribution in [-0.4, -0.2) is 55.8 Å². The molecule has 0 radical (unpaired) electrons. The molecule has 3 rings (SSSR count). The monoisotopic (exact) mass is 387 g/mol. The van der Waals surface area contributed by atoms with Gasteiger partial charge in [0, 0.05) is 24.7 Å². The van der Waals surface area contributed by atoms with Gasteiger partial charge >= 0.3 is 0 Å². The van der Waals surface area contributed by atoms with E-state index in [1.54, 1.807) is 22.9 Å². The van der Waals surface area contributed by atoms with E-state index in [0.717, 1.165) is 26.1 Å². The predicted octanol–water partition coefficient (Wildman–Crippen LogP) is 2.25. The molecule has 1 N–H and O–H groups in total. The van der Waals surface area contributed by atoms with Gasteiger partial charge in [0.25, 0.3) is 11.5 Å². The molecule has 1 aromatic heterocycles. The summed E-state index contributed by atoms with van der Waals surface area (Å²) in [4.78, 5) is 28.0. The maximum Gasteiger partial charge on any atom is 0.258 e. The Bertz CT molecular complexity index is 901. The Balaban J connectivity index is 1.86. The van der Waals surface area contributed by atoms with Gasteiger partial charge in [-0.05, 0) is 58.0 Å². The molecule has 0 unspecified atom stereocenters. The molecule has 1 fully saturated rings. The van der Waals surface area contributed by atoms with Crippen LogP contribution in [0.5, 0.6) is 11.5 Å². The third-order valence-corrected chi connectivity index (χ3v) is 5.31. The minimum atomic E-state index is -0.180. The van der Waals surface area contributed by atoms with Crippen molar-refractivity contribution in [3.8, 4) is 11.5 Å². The highest BCUT2D eigenvalue weighted by molar-refractivity contribution is 6.07. The number of carbonyl (C=O) groups is 1. The Hall–Kier alpha value is -2.54. The highest BCUT2D eigenvalue weighted by Crippen LogP contribution is 2.32. The SMILES string of the molecule is CCn1cc(C(=O)NCCCN2CCCC2)c2cc(OC)c(OC)cc2c1=O. The van der Waals surface area contributed by atoms with E-state index in [0.29, 0.717) is 40.9 Å². The summed E-state index contributed by atoms with van der Waals surface area (Å²) in [6, 6.07) is 3.35. The quantitative estimate of drug-likeness (QED) is 0.704. The molecule has 0 bridgehead atoms. The molecule has 0 saturated carbocycles. The molecule has 1 aliphatic rings. The van der Waals surface area contributed by atoms with Crippen molar-refractivity contribution in [2.45, 2.75) is 32.7 Å². The number of nitrogens with zero attached hydrogens (tertiary/aromatic N) is 2. The van der Waals surface area contributed by atoms with Gasteiger partial charge in [0.1, 0.15) is 0 Å². The highest BCUT2D eigenvalue weighted by atomic mass is 16.5. The molecule has 7 nitrogen and oxygen atoms in total. The topological polar surface area (TPSA) is 72.8 Å². The Kier molecular flexibility index (Phi) is 6.57. The van der Waals surface area contributed by atoms with Crippen LogP contribution >= 0.6 is 0 Å². The lowest BCUT2D eigenvalue weighted by Gasteiger charge is -2.16. The second kappa shape index (κ2) is 9.10. The van der Waals surface area contributed by atoms with Crippen molar-refractivity contribution in [3.63, 3.8) is 0 Å². The van der Waals surface area contributed by atoms with Crippen LogP contribution in [0, 0.1) is 0 Å². The molecule has 28 heavy (non-hydrogen) atoms. The van der Waals surface area contributed by atoms with Crippen LogP contribution < -0.4 is 20.3 Å². The van der Waals surface area contributed by atoms with Gasteiger partial charge in [0.15, 0.2) is 11.5 Å². The largest absolute Gasteiger partial charge is 0.493 e. The van der Waals surface area contributed by atoms with Gasteiger partial charge in [-0.3, -0.25) is 9.59 Å². The normalized spacial score (nSPS) is 14.4. The van der Waals surface area contributed by atoms with Crippen molar-refractivity contribution in [2.75, 3.05) is 40.4 Å². The zero-order valence-corrected chi connectivity index (χ0v) is 16.9. The van der Waals surface area contributed by atoms with E-state index >= 15 is 0 Å². The number of amides is 1. The number of benzene rings is 1. The van der Waals surface area contributed by atoms with Crippen molar-refractivity contribution in [1.82, 2.24) is 14.8 Å². The van der Waals surface area contributed by atoms with Crippen molar-refractivity contribution >= 4 is 16.7 Å². The van der Waals surface area contributed by atoms with Gasteiger partial charge in [-0.1, -0.05) is 0 Å². The first-order chi connectivity index (χ1) is 13.6. The molecule has 1 saturated heterocycles. The van der Waals surface area contributed by atoms with E-state index in [2.05, 4.69) is 10.2 Å². The smallest absolute Gasteiger partial charge is 0.258 e. The lowest BCUT2D eigenvalue weighted by molar-refractivity contribution is 0.0953. The maximum absolute atomic E-state index is 12.9. The first kappa shape index (κ1) is 20.2. The number of aromatic nitrogens is 1. The van der Waals surface area contributed by atoms with Gasteiger partial charge in [0.05, 0.1) is 25.2 Å². The van der Waals surface area contributed by atoms with E-state index in [1.165, 1.54) is 27.1 Å². The zero-order valence-electron chi connectivity index (χ0n) is 16.9. The number of likely N-dealkylation sites (tertiary alicyclic amines) is 1. The molecule has 1 aromatic carbocycles. The average Bonchev–Trinajstić information content (AvgIpc) is 3.24. The first-order valence-electron chi connectivity index (χ1n) is 9.88. The lowest BCUT2D eigenvalue weighted by Crippen LogP contribution is -2.30. The number of hydrogen-bond acceptors (Lipinski definition) is 5. The van der Waals surface area contributed by atoms with Crippen molar-refractivity contribution in [3.05, 3.63) is 34.2 Å². The number of pyridine rings is 1. The van der Waals surface area contributed by atoms with E-state index in [1.807, 2.05) is 6.92 Å². The highest BCUT2D eigenvalue weighted by Gasteiger charge is 2.18. The van der Waals surface area contributed by atoms with E-state index < -0.39 is 0 Å². The third-order valence-electron chi connectivity index (χ3n) is 5.31. The summed E-state index contributed by atoms with van der Waals surface area (Å²) in [6.45, 7) is 6.28. The fourth-order valence-corrected chi connectivity index (χ4v) is 3.74. The summed E-state index contributed by atoms with van der Waals surface area (Å²) in [5.41, 5.74) is 0.322. The van der Waals surface area contributed by atoms with Crippen LogP contribution in [-0.2, 0) is 6.54 Å². The number of hydrogen-bond donors (Lipinski definition) is 1. The summed E-state index contributed by atoms with van der Waals surface area (Å²) in [5, 5.41) is 4.02. The number of rotatable bonds is 8. The van der Waals surface area contributed by atoms with Crippen LogP contribution in [0.1, 0.15) is 36.5 Å². The number of nitrogens with one attached hydrogen (secondary N) is 1. The van der Waals surface area contributed by atoms with E-state index in [4.69, 9.17) is 9.47 Å². The van der Waals surface area contributed by atoms with Crippen molar-refractivity contribution in [2.24, 2.45) is 0 Å². The number of aryl methyl sites for hydroxylation is 1. The zero-order chi connectivity index (χ0) is 20.1. The molecule has 2 aromatic rings. The number of ether oxygens (including phenoxy) is 2. The van der Waals surface area contributed by atoms with Gasteiger partial charge in [-0.25, -0.2) is 0 Å². The molecule has 1 aliphatic heterocycles. The van der Waals surface area contributed by atoms with Crippen LogP contribution in [0.2, 0.25) is 0 Å². The molecule has 0 aliphatic carbocycles. The molecular weight excluding hydrogens is 358 g/mol. The Morgan fingerprint density at radius 3 is 2.36 bits per heavy atom. The van der Waals surface area contributed by atoms with Gasteiger partial charge in [0.2, 0.25) is 0 Å². The maximum atomic E-state index is 12.9. The van der Waals surface area contributed by atoms with E-state index in [9.17, 15) is 9.59 Å². The first-order valence-corrected chi connectivity index (χ1v) is 9.88. The number of carbonyl (C=O) groups excluding carboxylic acids is 1. The fourth-order valence-electron chi connectivity index (χ4n) is 3.74. The van der Waals surface area contributed by atoms with Crippen LogP contribution in [0.15, 0.2) is 23.1 Å². The second-order valence-electron chi connectivity index (χ2n) is 7.04. The van der Waals surface area contributed by atoms with Gasteiger partial charge in [-0.2, -0.15) is 0 Å². The number of methoxy groups -OCH3 is 2. The molecule has 0 spiro atoms. The van der Waals surface area contributed by atoms with E-state index in [-0.39, 0.29) is 11.5 Å². The Labute approximate surface area is 165 Å². The Morgan fingerprint density at radius 2 is 1.75 bits per heavy atom. The molecular formula is C21H29N3O4. The van der Waals surface area contributed by atoms with Crippen LogP contribution in [0.3, 0.4) is 0 Å². The number of fused-ring (bicyclic) bond motifs is 1. The molecule has 0 atom stereocenters. The van der Waals surface area contributed by atoms with Crippen LogP contribution in [0.25, 0.3) is 10.8 Å². The summed E-state index contributed by atoms with van der Waals surface area (Å²) < 4.78 is 12.2. The summed E-state index contributed by atoms with van der Waals surface area (Å²) in [6.07, 6.45) is 5.07.